The Kier molecular flexibility index (Phi) is 13.2. The molecule has 0 fully saturated rings. The summed E-state index contributed by atoms with van der Waals surface area (Å²) in [5.41, 5.74) is 2.11. The number of aryl methyl sites for hydroxylation is 1. The van der Waals surface area contributed by atoms with Crippen molar-refractivity contribution in [3.8, 4) is 0 Å². The highest BCUT2D eigenvalue weighted by Gasteiger charge is 2.36. The van der Waals surface area contributed by atoms with Gasteiger partial charge in [-0.1, -0.05) is 51.3 Å². The first-order valence-electron chi connectivity index (χ1n) is 12.7. The van der Waals surface area contributed by atoms with Crippen molar-refractivity contribution in [2.75, 3.05) is 18.8 Å². The maximum absolute atomic E-state index is 13.8. The maximum Gasteiger partial charge on any atom is 0.408 e. The third kappa shape index (κ3) is 10.1. The lowest BCUT2D eigenvalue weighted by atomic mass is 9.94. The van der Waals surface area contributed by atoms with Crippen molar-refractivity contribution in [1.29, 1.82) is 0 Å². The molecule has 1 aromatic carbocycles. The molecule has 0 bridgehead atoms. The Bertz CT molecular complexity index is 838. The SMILES string of the molecule is CCCCCN(C(=O)C(CS)NC(=O)OC(C)(C)C)C(C(=O)NCCCC)c1cccc(C)c1C. The van der Waals surface area contributed by atoms with Crippen molar-refractivity contribution in [2.45, 2.75) is 98.3 Å². The van der Waals surface area contributed by atoms with E-state index in [0.29, 0.717) is 13.1 Å². The molecule has 2 atom stereocenters. The van der Waals surface area contributed by atoms with Crippen LogP contribution in [0.15, 0.2) is 18.2 Å². The molecule has 0 radical (unpaired) electrons. The highest BCUT2D eigenvalue weighted by Crippen LogP contribution is 2.28. The van der Waals surface area contributed by atoms with Crippen LogP contribution in [-0.2, 0) is 14.3 Å². The van der Waals surface area contributed by atoms with Crippen LogP contribution in [0, 0.1) is 13.8 Å². The van der Waals surface area contributed by atoms with Gasteiger partial charge in [0.1, 0.15) is 17.7 Å². The molecule has 0 aliphatic carbocycles. The van der Waals surface area contributed by atoms with Gasteiger partial charge in [0.15, 0.2) is 0 Å². The fourth-order valence-corrected chi connectivity index (χ4v) is 3.99. The summed E-state index contributed by atoms with van der Waals surface area (Å²) in [6.07, 6.45) is 3.77. The molecule has 35 heavy (non-hydrogen) atoms. The smallest absolute Gasteiger partial charge is 0.408 e. The third-order valence-corrected chi connectivity index (χ3v) is 6.15. The van der Waals surface area contributed by atoms with Crippen LogP contribution in [0.5, 0.6) is 0 Å². The van der Waals surface area contributed by atoms with E-state index in [-0.39, 0.29) is 17.6 Å². The van der Waals surface area contributed by atoms with Gasteiger partial charge in [0.25, 0.3) is 0 Å². The normalized spacial score (nSPS) is 13.0. The lowest BCUT2D eigenvalue weighted by Crippen LogP contribution is -2.54. The van der Waals surface area contributed by atoms with Crippen LogP contribution >= 0.6 is 12.6 Å². The van der Waals surface area contributed by atoms with E-state index in [4.69, 9.17) is 4.74 Å². The Morgan fingerprint density at radius 1 is 1.06 bits per heavy atom. The van der Waals surface area contributed by atoms with E-state index in [2.05, 4.69) is 37.1 Å². The Morgan fingerprint density at radius 2 is 1.71 bits per heavy atom. The molecule has 0 saturated heterocycles. The number of hydrogen-bond donors (Lipinski definition) is 3. The zero-order chi connectivity index (χ0) is 26.6. The Labute approximate surface area is 217 Å². The number of nitrogens with zero attached hydrogens (tertiary/aromatic N) is 1. The van der Waals surface area contributed by atoms with Crippen LogP contribution in [0.4, 0.5) is 4.79 Å². The Hall–Kier alpha value is -2.22. The van der Waals surface area contributed by atoms with Crippen LogP contribution in [0.3, 0.4) is 0 Å². The fourth-order valence-electron chi connectivity index (χ4n) is 3.74. The summed E-state index contributed by atoms with van der Waals surface area (Å²) in [5, 5.41) is 5.68. The zero-order valence-electron chi connectivity index (χ0n) is 22.6. The number of amides is 3. The first-order chi connectivity index (χ1) is 16.5. The first kappa shape index (κ1) is 30.8. The topological polar surface area (TPSA) is 87.7 Å². The van der Waals surface area contributed by atoms with Gasteiger partial charge < -0.3 is 20.3 Å². The molecule has 8 heteroatoms. The fraction of sp³-hybridized carbons (Fsp3) is 0.667. The number of rotatable bonds is 13. The van der Waals surface area contributed by atoms with Gasteiger partial charge in [-0.2, -0.15) is 12.6 Å². The molecule has 0 aliphatic rings. The quantitative estimate of drug-likeness (QED) is 0.256. The maximum atomic E-state index is 13.8. The second-order valence-electron chi connectivity index (χ2n) is 9.96. The summed E-state index contributed by atoms with van der Waals surface area (Å²) in [7, 11) is 0. The minimum atomic E-state index is -0.925. The number of hydrogen-bond acceptors (Lipinski definition) is 5. The van der Waals surface area contributed by atoms with E-state index < -0.39 is 23.8 Å². The predicted octanol–water partition coefficient (Wildman–Crippen LogP) is 5.10. The second kappa shape index (κ2) is 15.0. The molecule has 0 aromatic heterocycles. The second-order valence-corrected chi connectivity index (χ2v) is 10.3. The van der Waals surface area contributed by atoms with E-state index in [1.165, 1.54) is 0 Å². The average molecular weight is 508 g/mol. The van der Waals surface area contributed by atoms with Crippen molar-refractivity contribution >= 4 is 30.5 Å². The molecule has 0 spiro atoms. The molecular weight excluding hydrogens is 462 g/mol. The summed E-state index contributed by atoms with van der Waals surface area (Å²) in [4.78, 5) is 41.4. The minimum absolute atomic E-state index is 0.0827. The van der Waals surface area contributed by atoms with Gasteiger partial charge in [-0.3, -0.25) is 9.59 Å². The highest BCUT2D eigenvalue weighted by atomic mass is 32.1. The summed E-state index contributed by atoms with van der Waals surface area (Å²) >= 11 is 4.34. The molecule has 0 aliphatic heterocycles. The number of carbonyl (C=O) groups is 3. The molecular formula is C27H45N3O4S. The van der Waals surface area contributed by atoms with Crippen LogP contribution in [0.25, 0.3) is 0 Å². The number of carbonyl (C=O) groups excluding carboxylic acids is 3. The van der Waals surface area contributed by atoms with E-state index in [1.54, 1.807) is 25.7 Å². The van der Waals surface area contributed by atoms with Crippen LogP contribution in [0.2, 0.25) is 0 Å². The van der Waals surface area contributed by atoms with Gasteiger partial charge in [-0.15, -0.1) is 0 Å². The van der Waals surface area contributed by atoms with E-state index >= 15 is 0 Å². The van der Waals surface area contributed by atoms with Crippen LogP contribution in [0.1, 0.15) is 89.5 Å². The van der Waals surface area contributed by atoms with E-state index in [9.17, 15) is 14.4 Å². The van der Waals surface area contributed by atoms with Gasteiger partial charge in [0.05, 0.1) is 0 Å². The number of benzene rings is 1. The van der Waals surface area contributed by atoms with Crippen molar-refractivity contribution in [3.63, 3.8) is 0 Å². The lowest BCUT2D eigenvalue weighted by Gasteiger charge is -2.35. The van der Waals surface area contributed by atoms with Gasteiger partial charge in [-0.25, -0.2) is 4.79 Å². The lowest BCUT2D eigenvalue weighted by molar-refractivity contribution is -0.142. The van der Waals surface area contributed by atoms with Gasteiger partial charge in [-0.05, 0) is 64.2 Å². The summed E-state index contributed by atoms with van der Waals surface area (Å²) in [6, 6.07) is 4.08. The van der Waals surface area contributed by atoms with E-state index in [1.807, 2.05) is 32.0 Å². The van der Waals surface area contributed by atoms with E-state index in [0.717, 1.165) is 48.8 Å². The average Bonchev–Trinajstić information content (AvgIpc) is 2.78. The van der Waals surface area contributed by atoms with Gasteiger partial charge >= 0.3 is 6.09 Å². The van der Waals surface area contributed by atoms with Crippen molar-refractivity contribution in [2.24, 2.45) is 0 Å². The van der Waals surface area contributed by atoms with Crippen LogP contribution < -0.4 is 10.6 Å². The Balaban J connectivity index is 3.42. The Morgan fingerprint density at radius 3 is 2.29 bits per heavy atom. The number of nitrogens with one attached hydrogen (secondary N) is 2. The summed E-state index contributed by atoms with van der Waals surface area (Å²) < 4.78 is 5.36. The molecule has 7 nitrogen and oxygen atoms in total. The van der Waals surface area contributed by atoms with Crippen molar-refractivity contribution < 1.29 is 19.1 Å². The molecule has 1 aromatic rings. The molecule has 1 rings (SSSR count). The zero-order valence-corrected chi connectivity index (χ0v) is 23.5. The number of alkyl carbamates (subject to hydrolysis) is 1. The standard InChI is InChI=1S/C27H45N3O4S/c1-8-10-12-17-30(25(32)22(18-35)29-26(33)34-27(5,6)7)23(24(31)28-16-11-9-2)21-15-13-14-19(3)20(21)4/h13-15,22-23,35H,8-12,16-18H2,1-7H3,(H,28,31)(H,29,33). The van der Waals surface area contributed by atoms with Gasteiger partial charge in [0, 0.05) is 18.8 Å². The molecule has 0 heterocycles. The molecule has 2 N–H and O–H groups in total. The highest BCUT2D eigenvalue weighted by molar-refractivity contribution is 7.80. The van der Waals surface area contributed by atoms with Crippen LogP contribution in [-0.4, -0.2) is 53.3 Å². The van der Waals surface area contributed by atoms with Crippen molar-refractivity contribution in [1.82, 2.24) is 15.5 Å². The third-order valence-electron chi connectivity index (χ3n) is 5.79. The summed E-state index contributed by atoms with van der Waals surface area (Å²) in [5.74, 6) is -0.482. The largest absolute Gasteiger partial charge is 0.444 e. The summed E-state index contributed by atoms with van der Waals surface area (Å²) in [6.45, 7) is 14.3. The molecule has 0 saturated carbocycles. The monoisotopic (exact) mass is 507 g/mol. The van der Waals surface area contributed by atoms with Gasteiger partial charge in [0.2, 0.25) is 11.8 Å². The minimum Gasteiger partial charge on any atom is -0.444 e. The first-order valence-corrected chi connectivity index (χ1v) is 13.3. The number of ether oxygens (including phenoxy) is 1. The number of thiol groups is 1. The van der Waals surface area contributed by atoms with Crippen molar-refractivity contribution in [3.05, 3.63) is 34.9 Å². The number of unbranched alkanes of at least 4 members (excludes halogenated alkanes) is 3. The molecule has 2 unspecified atom stereocenters. The molecule has 3 amide bonds. The molecule has 198 valence electrons. The predicted molar refractivity (Wildman–Crippen MR) is 145 cm³/mol.